The fourth-order valence-electron chi connectivity index (χ4n) is 3.70. The number of thiophene rings is 1. The summed E-state index contributed by atoms with van der Waals surface area (Å²) in [5, 5.41) is 4.31. The Balaban J connectivity index is 1.25. The van der Waals surface area contributed by atoms with Crippen LogP contribution in [0.25, 0.3) is 11.1 Å². The van der Waals surface area contributed by atoms with E-state index in [1.54, 1.807) is 22.0 Å². The number of aromatic nitrogens is 1. The zero-order chi connectivity index (χ0) is 18.6. The second-order valence-corrected chi connectivity index (χ2v) is 7.81. The van der Waals surface area contributed by atoms with E-state index in [2.05, 4.69) is 16.8 Å². The van der Waals surface area contributed by atoms with E-state index in [-0.39, 0.29) is 11.7 Å². The summed E-state index contributed by atoms with van der Waals surface area (Å²) >= 11 is 1.73. The number of hydrogen-bond donors (Lipinski definition) is 1. The van der Waals surface area contributed by atoms with Gasteiger partial charge in [0.1, 0.15) is 6.54 Å². The molecule has 0 unspecified atom stereocenters. The first kappa shape index (κ1) is 18.0. The van der Waals surface area contributed by atoms with Gasteiger partial charge in [-0.1, -0.05) is 12.1 Å². The van der Waals surface area contributed by atoms with Gasteiger partial charge in [-0.25, -0.2) is 4.79 Å². The number of carbonyl (C=O) groups excluding carboxylic acids is 1. The highest BCUT2D eigenvalue weighted by atomic mass is 32.1. The Morgan fingerprint density at radius 1 is 1.19 bits per heavy atom. The fourth-order valence-corrected chi connectivity index (χ4v) is 4.37. The number of amides is 1. The second-order valence-electron chi connectivity index (χ2n) is 7.03. The van der Waals surface area contributed by atoms with Crippen molar-refractivity contribution >= 4 is 28.3 Å². The number of nitrogens with zero attached hydrogens (tertiary/aromatic N) is 2. The van der Waals surface area contributed by atoms with Gasteiger partial charge in [-0.3, -0.25) is 9.36 Å². The number of nitrogens with one attached hydrogen (secondary N) is 1. The molecule has 1 amide bonds. The molecule has 0 atom stereocenters. The van der Waals surface area contributed by atoms with Crippen molar-refractivity contribution in [2.45, 2.75) is 25.9 Å². The van der Waals surface area contributed by atoms with Gasteiger partial charge >= 0.3 is 5.76 Å². The molecule has 1 fully saturated rings. The molecule has 3 aromatic rings. The Morgan fingerprint density at radius 2 is 2.00 bits per heavy atom. The molecule has 0 spiro atoms. The first-order chi connectivity index (χ1) is 13.2. The molecule has 4 rings (SSSR count). The van der Waals surface area contributed by atoms with Crippen molar-refractivity contribution < 1.29 is 14.1 Å². The number of para-hydroxylation sites is 2. The maximum Gasteiger partial charge on any atom is 0.419 e. The molecule has 2 aromatic heterocycles. The van der Waals surface area contributed by atoms with E-state index in [9.17, 15) is 9.59 Å². The van der Waals surface area contributed by atoms with Crippen molar-refractivity contribution in [3.63, 3.8) is 0 Å². The first-order valence-corrected chi connectivity index (χ1v) is 10.4. The topological polar surface area (TPSA) is 59.9 Å². The van der Waals surface area contributed by atoms with Gasteiger partial charge in [0, 0.05) is 18.5 Å². The SMILES string of the molecule is O=C(CCCn1c(=O)oc2ccccc21)N1CC[NH+](Cc2ccsc2)CC1. The quantitative estimate of drug-likeness (QED) is 0.696. The molecule has 1 aliphatic rings. The molecule has 142 valence electrons. The highest BCUT2D eigenvalue weighted by Gasteiger charge is 2.23. The number of fused-ring (bicyclic) bond motifs is 1. The van der Waals surface area contributed by atoms with Crippen LogP contribution in [-0.4, -0.2) is 41.6 Å². The normalized spacial score (nSPS) is 15.5. The lowest BCUT2D eigenvalue weighted by Crippen LogP contribution is -3.13. The summed E-state index contributed by atoms with van der Waals surface area (Å²) in [5.74, 6) is -0.167. The van der Waals surface area contributed by atoms with Gasteiger partial charge in [0.2, 0.25) is 5.91 Å². The summed E-state index contributed by atoms with van der Waals surface area (Å²) in [6.07, 6.45) is 1.11. The lowest BCUT2D eigenvalue weighted by Gasteiger charge is -2.32. The minimum absolute atomic E-state index is 0.186. The number of carbonyl (C=O) groups is 1. The molecule has 0 aliphatic carbocycles. The van der Waals surface area contributed by atoms with Crippen molar-refractivity contribution in [2.24, 2.45) is 0 Å². The maximum absolute atomic E-state index is 12.5. The molecule has 1 aliphatic heterocycles. The van der Waals surface area contributed by atoms with E-state index in [0.717, 1.165) is 38.2 Å². The maximum atomic E-state index is 12.5. The smallest absolute Gasteiger partial charge is 0.408 e. The van der Waals surface area contributed by atoms with Crippen LogP contribution in [0.4, 0.5) is 0 Å². The largest absolute Gasteiger partial charge is 0.419 e. The van der Waals surface area contributed by atoms with Crippen LogP contribution < -0.4 is 10.7 Å². The van der Waals surface area contributed by atoms with E-state index in [1.165, 1.54) is 10.5 Å². The van der Waals surface area contributed by atoms with E-state index < -0.39 is 0 Å². The molecule has 0 radical (unpaired) electrons. The third-order valence-corrected chi connectivity index (χ3v) is 5.94. The third kappa shape index (κ3) is 4.14. The van der Waals surface area contributed by atoms with Gasteiger partial charge < -0.3 is 14.2 Å². The molecule has 0 saturated carbocycles. The van der Waals surface area contributed by atoms with Gasteiger partial charge in [0.15, 0.2) is 5.58 Å². The molecule has 1 N–H and O–H groups in total. The highest BCUT2D eigenvalue weighted by molar-refractivity contribution is 7.07. The Hall–Kier alpha value is -2.38. The van der Waals surface area contributed by atoms with Crippen LogP contribution in [-0.2, 0) is 17.9 Å². The summed E-state index contributed by atoms with van der Waals surface area (Å²) in [7, 11) is 0. The number of benzene rings is 1. The van der Waals surface area contributed by atoms with Gasteiger partial charge in [-0.15, -0.1) is 0 Å². The lowest BCUT2D eigenvalue weighted by atomic mass is 10.2. The van der Waals surface area contributed by atoms with Crippen molar-refractivity contribution in [3.05, 3.63) is 57.2 Å². The van der Waals surface area contributed by atoms with Crippen LogP contribution in [0.15, 0.2) is 50.3 Å². The average molecular weight is 386 g/mol. The second kappa shape index (κ2) is 8.10. The van der Waals surface area contributed by atoms with Crippen LogP contribution in [0, 0.1) is 0 Å². The van der Waals surface area contributed by atoms with Crippen LogP contribution in [0.1, 0.15) is 18.4 Å². The van der Waals surface area contributed by atoms with Crippen molar-refractivity contribution in [1.29, 1.82) is 0 Å². The summed E-state index contributed by atoms with van der Waals surface area (Å²) < 4.78 is 6.85. The first-order valence-electron chi connectivity index (χ1n) is 9.41. The fraction of sp³-hybridized carbons (Fsp3) is 0.400. The standard InChI is InChI=1S/C20H23N3O3S/c24-19(22-11-9-21(10-12-22)14-16-7-13-27-15-16)6-3-8-23-17-4-1-2-5-18(17)26-20(23)25/h1-2,4-5,7,13,15H,3,6,8-12,14H2/p+1. The van der Waals surface area contributed by atoms with Crippen LogP contribution in [0.5, 0.6) is 0 Å². The van der Waals surface area contributed by atoms with Gasteiger partial charge in [-0.05, 0) is 35.4 Å². The van der Waals surface area contributed by atoms with Gasteiger partial charge in [0.05, 0.1) is 31.7 Å². The molecular formula is C20H24N3O3S+. The van der Waals surface area contributed by atoms with Crippen molar-refractivity contribution in [3.8, 4) is 0 Å². The van der Waals surface area contributed by atoms with Crippen LogP contribution >= 0.6 is 11.3 Å². The number of aryl methyl sites for hydroxylation is 1. The summed E-state index contributed by atoms with van der Waals surface area (Å²) in [6.45, 7) is 5.16. The number of piperazine rings is 1. The van der Waals surface area contributed by atoms with Crippen molar-refractivity contribution in [1.82, 2.24) is 9.47 Å². The monoisotopic (exact) mass is 386 g/mol. The van der Waals surface area contributed by atoms with Crippen LogP contribution in [0.2, 0.25) is 0 Å². The molecule has 6 nitrogen and oxygen atoms in total. The number of hydrogen-bond acceptors (Lipinski definition) is 4. The Bertz CT molecular complexity index is 952. The number of rotatable bonds is 6. The van der Waals surface area contributed by atoms with Gasteiger partial charge in [0.25, 0.3) is 0 Å². The Labute approximate surface area is 161 Å². The number of oxazole rings is 1. The van der Waals surface area contributed by atoms with Crippen molar-refractivity contribution in [2.75, 3.05) is 26.2 Å². The van der Waals surface area contributed by atoms with E-state index in [4.69, 9.17) is 4.42 Å². The number of quaternary nitrogens is 1. The summed E-state index contributed by atoms with van der Waals surface area (Å²) in [5.41, 5.74) is 2.77. The lowest BCUT2D eigenvalue weighted by molar-refractivity contribution is -0.917. The predicted molar refractivity (Wildman–Crippen MR) is 105 cm³/mol. The molecule has 27 heavy (non-hydrogen) atoms. The van der Waals surface area contributed by atoms with Crippen LogP contribution in [0.3, 0.4) is 0 Å². The summed E-state index contributed by atoms with van der Waals surface area (Å²) in [4.78, 5) is 28.0. The molecule has 0 bridgehead atoms. The molecule has 3 heterocycles. The van der Waals surface area contributed by atoms with E-state index in [0.29, 0.717) is 25.0 Å². The zero-order valence-corrected chi connectivity index (χ0v) is 16.0. The minimum Gasteiger partial charge on any atom is -0.408 e. The average Bonchev–Trinajstić information content (AvgIpc) is 3.30. The summed E-state index contributed by atoms with van der Waals surface area (Å²) in [6, 6.07) is 9.57. The molecular weight excluding hydrogens is 362 g/mol. The molecule has 1 saturated heterocycles. The minimum atomic E-state index is -0.353. The predicted octanol–water partition coefficient (Wildman–Crippen LogP) is 1.36. The van der Waals surface area contributed by atoms with E-state index in [1.807, 2.05) is 23.1 Å². The van der Waals surface area contributed by atoms with Gasteiger partial charge in [-0.2, -0.15) is 11.3 Å². The molecule has 1 aromatic carbocycles. The zero-order valence-electron chi connectivity index (χ0n) is 15.2. The Morgan fingerprint density at radius 3 is 2.78 bits per heavy atom. The highest BCUT2D eigenvalue weighted by Crippen LogP contribution is 2.12. The Kier molecular flexibility index (Phi) is 5.40. The third-order valence-electron chi connectivity index (χ3n) is 5.20. The van der Waals surface area contributed by atoms with E-state index >= 15 is 0 Å². The molecule has 7 heteroatoms.